The quantitative estimate of drug-likeness (QED) is 0.791. The lowest BCUT2D eigenvalue weighted by Gasteiger charge is -2.08. The second-order valence-corrected chi connectivity index (χ2v) is 4.69. The highest BCUT2D eigenvalue weighted by atomic mass is 35.5. The molecule has 19 heavy (non-hydrogen) atoms. The van der Waals surface area contributed by atoms with Crippen molar-refractivity contribution in [2.24, 2.45) is 0 Å². The lowest BCUT2D eigenvalue weighted by atomic mass is 10.0. The minimum absolute atomic E-state index is 0.165. The highest BCUT2D eigenvalue weighted by molar-refractivity contribution is 6.44. The van der Waals surface area contributed by atoms with Gasteiger partial charge in [0.2, 0.25) is 0 Å². The third-order valence-electron chi connectivity index (χ3n) is 2.71. The maximum absolute atomic E-state index is 12.3. The number of benzene rings is 2. The van der Waals surface area contributed by atoms with Crippen LogP contribution in [0.5, 0.6) is 0 Å². The highest BCUT2D eigenvalue weighted by Gasteiger charge is 2.16. The first-order valence-electron chi connectivity index (χ1n) is 5.58. The van der Waals surface area contributed by atoms with Crippen LogP contribution < -0.4 is 0 Å². The van der Waals surface area contributed by atoms with Gasteiger partial charge in [-0.2, -0.15) is 5.26 Å². The molecule has 94 valence electrons. The Hall–Kier alpha value is -1.82. The van der Waals surface area contributed by atoms with Crippen LogP contribution in [0.3, 0.4) is 0 Å². The largest absolute Gasteiger partial charge is 0.289 e. The van der Waals surface area contributed by atoms with Crippen molar-refractivity contribution in [3.8, 4) is 6.07 Å². The minimum Gasteiger partial charge on any atom is -0.289 e. The molecule has 0 N–H and O–H groups in total. The predicted molar refractivity (Wildman–Crippen MR) is 75.7 cm³/mol. The fraction of sp³-hybridized carbons (Fsp3) is 0.0667. The Kier molecular flexibility index (Phi) is 4.21. The molecule has 2 aromatic carbocycles. The number of halogens is 2. The first kappa shape index (κ1) is 13.6. The van der Waals surface area contributed by atoms with Crippen molar-refractivity contribution in [2.45, 2.75) is 6.42 Å². The Morgan fingerprint density at radius 3 is 2.37 bits per heavy atom. The fourth-order valence-electron chi connectivity index (χ4n) is 1.73. The molecule has 0 aliphatic carbocycles. The van der Waals surface area contributed by atoms with Crippen LogP contribution in [0, 0.1) is 11.3 Å². The van der Waals surface area contributed by atoms with Crippen LogP contribution in [0.25, 0.3) is 0 Å². The molecule has 0 bridgehead atoms. The summed E-state index contributed by atoms with van der Waals surface area (Å²) in [7, 11) is 0. The second-order valence-electron chi connectivity index (χ2n) is 3.93. The topological polar surface area (TPSA) is 40.9 Å². The van der Waals surface area contributed by atoms with Crippen molar-refractivity contribution in [1.82, 2.24) is 0 Å². The Morgan fingerprint density at radius 2 is 1.74 bits per heavy atom. The van der Waals surface area contributed by atoms with Gasteiger partial charge in [-0.3, -0.25) is 4.79 Å². The third-order valence-corrected chi connectivity index (χ3v) is 3.63. The summed E-state index contributed by atoms with van der Waals surface area (Å²) < 4.78 is 0. The van der Waals surface area contributed by atoms with Gasteiger partial charge in [0.15, 0.2) is 5.78 Å². The first-order chi connectivity index (χ1) is 9.15. The van der Waals surface area contributed by atoms with Gasteiger partial charge < -0.3 is 0 Å². The molecular formula is C15H9Cl2NO. The van der Waals surface area contributed by atoms with E-state index < -0.39 is 0 Å². The molecule has 4 heteroatoms. The number of rotatable bonds is 3. The molecule has 0 spiro atoms. The number of nitriles is 1. The molecule has 0 unspecified atom stereocenters. The summed E-state index contributed by atoms with van der Waals surface area (Å²) >= 11 is 12.2. The Balaban J connectivity index is 2.45. The van der Waals surface area contributed by atoms with Gasteiger partial charge in [0, 0.05) is 11.1 Å². The molecule has 2 rings (SSSR count). The summed E-state index contributed by atoms with van der Waals surface area (Å²) in [4.78, 5) is 12.3. The monoisotopic (exact) mass is 289 g/mol. The van der Waals surface area contributed by atoms with Crippen LogP contribution in [0.2, 0.25) is 10.0 Å². The van der Waals surface area contributed by atoms with Crippen molar-refractivity contribution in [2.75, 3.05) is 0 Å². The second kappa shape index (κ2) is 5.88. The summed E-state index contributed by atoms with van der Waals surface area (Å²) in [5, 5.41) is 9.14. The van der Waals surface area contributed by atoms with Gasteiger partial charge in [-0.05, 0) is 11.6 Å². The van der Waals surface area contributed by atoms with E-state index in [0.29, 0.717) is 16.7 Å². The summed E-state index contributed by atoms with van der Waals surface area (Å²) in [6, 6.07) is 14.1. The van der Waals surface area contributed by atoms with Crippen molar-refractivity contribution in [3.05, 3.63) is 69.2 Å². The molecule has 2 aromatic rings. The summed E-state index contributed by atoms with van der Waals surface area (Å²) in [6.07, 6.45) is 0.165. The van der Waals surface area contributed by atoms with Gasteiger partial charge in [0.05, 0.1) is 22.5 Å². The third kappa shape index (κ3) is 2.78. The lowest BCUT2D eigenvalue weighted by Crippen LogP contribution is -2.03. The zero-order valence-electron chi connectivity index (χ0n) is 9.86. The minimum atomic E-state index is -0.184. The zero-order valence-corrected chi connectivity index (χ0v) is 11.4. The van der Waals surface area contributed by atoms with Crippen LogP contribution >= 0.6 is 23.2 Å². The molecule has 0 aliphatic rings. The molecule has 0 fully saturated rings. The van der Waals surface area contributed by atoms with Crippen molar-refractivity contribution >= 4 is 29.0 Å². The van der Waals surface area contributed by atoms with E-state index in [1.54, 1.807) is 36.4 Å². The van der Waals surface area contributed by atoms with Gasteiger partial charge in [-0.15, -0.1) is 0 Å². The van der Waals surface area contributed by atoms with Crippen molar-refractivity contribution < 1.29 is 4.79 Å². The van der Waals surface area contributed by atoms with Gasteiger partial charge in [0.25, 0.3) is 0 Å². The van der Waals surface area contributed by atoms with E-state index in [-0.39, 0.29) is 22.2 Å². The molecule has 2 nitrogen and oxygen atoms in total. The summed E-state index contributed by atoms with van der Waals surface area (Å²) in [5.41, 5.74) is 1.52. The van der Waals surface area contributed by atoms with Crippen LogP contribution in [-0.4, -0.2) is 5.78 Å². The van der Waals surface area contributed by atoms with E-state index in [1.165, 1.54) is 0 Å². The molecule has 0 amide bonds. The smallest absolute Gasteiger partial charge is 0.194 e. The average molecular weight is 290 g/mol. The molecule has 0 saturated carbocycles. The molecule has 0 atom stereocenters. The molecule has 0 aromatic heterocycles. The van der Waals surface area contributed by atoms with E-state index in [0.717, 1.165) is 0 Å². The van der Waals surface area contributed by atoms with Gasteiger partial charge >= 0.3 is 0 Å². The number of hydrogen-bond acceptors (Lipinski definition) is 2. The number of carbonyl (C=O) groups is 1. The number of hydrogen-bond donors (Lipinski definition) is 0. The lowest BCUT2D eigenvalue weighted by molar-refractivity contribution is 0.103. The summed E-state index contributed by atoms with van der Waals surface area (Å²) in [5.74, 6) is -0.184. The Morgan fingerprint density at radius 1 is 1.05 bits per heavy atom. The van der Waals surface area contributed by atoms with E-state index in [9.17, 15) is 4.79 Å². The summed E-state index contributed by atoms with van der Waals surface area (Å²) in [6.45, 7) is 0. The molecule has 0 heterocycles. The molecule has 0 saturated heterocycles. The molecule has 0 aliphatic heterocycles. The van der Waals surface area contributed by atoms with Crippen molar-refractivity contribution in [1.29, 1.82) is 5.26 Å². The number of carbonyl (C=O) groups excluding carboxylic acids is 1. The van der Waals surface area contributed by atoms with Crippen molar-refractivity contribution in [3.63, 3.8) is 0 Å². The molecule has 0 radical (unpaired) electrons. The molecular weight excluding hydrogens is 281 g/mol. The van der Waals surface area contributed by atoms with Gasteiger partial charge in [0.1, 0.15) is 0 Å². The Labute approximate surface area is 121 Å². The fourth-order valence-corrected chi connectivity index (χ4v) is 2.23. The maximum Gasteiger partial charge on any atom is 0.194 e. The van der Waals surface area contributed by atoms with Crippen LogP contribution in [-0.2, 0) is 6.42 Å². The van der Waals surface area contributed by atoms with Crippen LogP contribution in [0.4, 0.5) is 0 Å². The first-order valence-corrected chi connectivity index (χ1v) is 6.34. The number of ketones is 1. The van der Waals surface area contributed by atoms with Crippen LogP contribution in [0.15, 0.2) is 42.5 Å². The zero-order chi connectivity index (χ0) is 13.8. The van der Waals surface area contributed by atoms with E-state index in [4.69, 9.17) is 28.5 Å². The average Bonchev–Trinajstić information content (AvgIpc) is 2.45. The SMILES string of the molecule is N#CCc1ccc(C(=O)c2ccccc2)c(Cl)c1Cl. The van der Waals surface area contributed by atoms with Gasteiger partial charge in [-0.1, -0.05) is 59.6 Å². The highest BCUT2D eigenvalue weighted by Crippen LogP contribution is 2.31. The van der Waals surface area contributed by atoms with Gasteiger partial charge in [-0.25, -0.2) is 0 Å². The maximum atomic E-state index is 12.3. The van der Waals surface area contributed by atoms with E-state index in [2.05, 4.69) is 0 Å². The van der Waals surface area contributed by atoms with Crippen LogP contribution in [0.1, 0.15) is 21.5 Å². The van der Waals surface area contributed by atoms with E-state index >= 15 is 0 Å². The van der Waals surface area contributed by atoms with E-state index in [1.807, 2.05) is 12.1 Å². The standard InChI is InChI=1S/C15H9Cl2NO/c16-13-10(8-9-18)6-7-12(14(13)17)15(19)11-4-2-1-3-5-11/h1-7H,8H2. The Bertz CT molecular complexity index is 660. The number of nitrogens with zero attached hydrogens (tertiary/aromatic N) is 1. The normalized spacial score (nSPS) is 9.95. The predicted octanol–water partition coefficient (Wildman–Crippen LogP) is 4.29.